The molecule has 21 heavy (non-hydrogen) atoms. The fraction of sp³-hybridized carbons (Fsp3) is 0.562. The van der Waals surface area contributed by atoms with Gasteiger partial charge in [0.1, 0.15) is 11.4 Å². The number of amides is 1. The Kier molecular flexibility index (Phi) is 5.20. The second-order valence-electron chi connectivity index (χ2n) is 5.78. The number of nitrogens with one attached hydrogen (secondary N) is 1. The summed E-state index contributed by atoms with van der Waals surface area (Å²) in [4.78, 5) is 11.8. The van der Waals surface area contributed by atoms with Crippen LogP contribution >= 0.6 is 0 Å². The second kappa shape index (κ2) is 6.91. The zero-order valence-electron chi connectivity index (χ0n) is 12.6. The maximum atomic E-state index is 11.8. The molecule has 1 fully saturated rings. The van der Waals surface area contributed by atoms with Crippen molar-refractivity contribution in [2.45, 2.75) is 31.8 Å². The number of carbonyl (C=O) groups is 1. The lowest BCUT2D eigenvalue weighted by Crippen LogP contribution is -2.44. The van der Waals surface area contributed by atoms with E-state index in [0.29, 0.717) is 18.9 Å². The van der Waals surface area contributed by atoms with E-state index < -0.39 is 5.60 Å². The van der Waals surface area contributed by atoms with Gasteiger partial charge < -0.3 is 19.9 Å². The highest BCUT2D eigenvalue weighted by molar-refractivity contribution is 5.77. The average molecular weight is 293 g/mol. The summed E-state index contributed by atoms with van der Waals surface area (Å²) in [6, 6.07) is 7.70. The standard InChI is InChI=1S/C16H23NO4/c1-12(2)13-5-3-4-6-14(13)21-9-15(18)17-10-16(19)7-8-20-11-16/h3-6,12,19H,7-11H2,1-2H3,(H,17,18). The summed E-state index contributed by atoms with van der Waals surface area (Å²) >= 11 is 0. The Morgan fingerprint density at radius 3 is 2.90 bits per heavy atom. The predicted octanol–water partition coefficient (Wildman–Crippen LogP) is 1.46. The van der Waals surface area contributed by atoms with Gasteiger partial charge in [0.25, 0.3) is 5.91 Å². The van der Waals surface area contributed by atoms with Gasteiger partial charge >= 0.3 is 0 Å². The third kappa shape index (κ3) is 4.44. The first kappa shape index (κ1) is 15.8. The quantitative estimate of drug-likeness (QED) is 0.833. The first-order chi connectivity index (χ1) is 10.0. The average Bonchev–Trinajstić information content (AvgIpc) is 2.90. The van der Waals surface area contributed by atoms with E-state index in [2.05, 4.69) is 19.2 Å². The van der Waals surface area contributed by atoms with E-state index in [9.17, 15) is 9.90 Å². The Labute approximate surface area is 125 Å². The van der Waals surface area contributed by atoms with Gasteiger partial charge in [-0.05, 0) is 17.5 Å². The molecule has 1 saturated heterocycles. The van der Waals surface area contributed by atoms with Crippen LogP contribution in [0.15, 0.2) is 24.3 Å². The molecule has 5 nitrogen and oxygen atoms in total. The van der Waals surface area contributed by atoms with E-state index in [1.165, 1.54) is 0 Å². The first-order valence-electron chi connectivity index (χ1n) is 7.29. The van der Waals surface area contributed by atoms with E-state index >= 15 is 0 Å². The Hall–Kier alpha value is -1.59. The summed E-state index contributed by atoms with van der Waals surface area (Å²) in [7, 11) is 0. The molecule has 0 aromatic heterocycles. The number of carbonyl (C=O) groups excluding carboxylic acids is 1. The Morgan fingerprint density at radius 1 is 1.48 bits per heavy atom. The molecule has 1 amide bonds. The number of benzene rings is 1. The molecule has 1 heterocycles. The molecule has 1 unspecified atom stereocenters. The number of rotatable bonds is 6. The van der Waals surface area contributed by atoms with Gasteiger partial charge in [0, 0.05) is 19.6 Å². The van der Waals surface area contributed by atoms with Crippen LogP contribution in [0.2, 0.25) is 0 Å². The molecular formula is C16H23NO4. The van der Waals surface area contributed by atoms with E-state index in [4.69, 9.17) is 9.47 Å². The topological polar surface area (TPSA) is 67.8 Å². The highest BCUT2D eigenvalue weighted by atomic mass is 16.5. The molecule has 0 saturated carbocycles. The van der Waals surface area contributed by atoms with Crippen molar-refractivity contribution in [2.24, 2.45) is 0 Å². The number of hydrogen-bond donors (Lipinski definition) is 2. The van der Waals surface area contributed by atoms with Gasteiger partial charge in [-0.15, -0.1) is 0 Å². The Morgan fingerprint density at radius 2 is 2.24 bits per heavy atom. The summed E-state index contributed by atoms with van der Waals surface area (Å²) in [5.74, 6) is 0.819. The molecule has 1 atom stereocenters. The van der Waals surface area contributed by atoms with Crippen LogP contribution in [0.3, 0.4) is 0 Å². The molecule has 0 radical (unpaired) electrons. The Balaban J connectivity index is 1.81. The highest BCUT2D eigenvalue weighted by Gasteiger charge is 2.32. The van der Waals surface area contributed by atoms with Crippen LogP contribution in [0.1, 0.15) is 31.7 Å². The number of hydrogen-bond acceptors (Lipinski definition) is 4. The molecular weight excluding hydrogens is 270 g/mol. The molecule has 1 aromatic carbocycles. The second-order valence-corrected chi connectivity index (χ2v) is 5.78. The maximum Gasteiger partial charge on any atom is 0.258 e. The van der Waals surface area contributed by atoms with Gasteiger partial charge in [-0.1, -0.05) is 32.0 Å². The highest BCUT2D eigenvalue weighted by Crippen LogP contribution is 2.25. The van der Waals surface area contributed by atoms with Crippen LogP contribution in [-0.4, -0.2) is 43.0 Å². The summed E-state index contributed by atoms with van der Waals surface area (Å²) in [5.41, 5.74) is 0.138. The Bertz CT molecular complexity index is 481. The van der Waals surface area contributed by atoms with Crippen molar-refractivity contribution in [2.75, 3.05) is 26.4 Å². The molecule has 1 aliphatic rings. The molecule has 1 aliphatic heterocycles. The monoisotopic (exact) mass is 293 g/mol. The zero-order valence-corrected chi connectivity index (χ0v) is 12.6. The van der Waals surface area contributed by atoms with Crippen molar-refractivity contribution in [3.8, 4) is 5.75 Å². The summed E-state index contributed by atoms with van der Waals surface area (Å²) in [6.07, 6.45) is 0.546. The van der Waals surface area contributed by atoms with Crippen molar-refractivity contribution < 1.29 is 19.4 Å². The number of para-hydroxylation sites is 1. The molecule has 116 valence electrons. The SMILES string of the molecule is CC(C)c1ccccc1OCC(=O)NCC1(O)CCOC1. The largest absolute Gasteiger partial charge is 0.483 e. The van der Waals surface area contributed by atoms with Crippen LogP contribution in [0.25, 0.3) is 0 Å². The van der Waals surface area contributed by atoms with E-state index in [0.717, 1.165) is 11.3 Å². The number of ether oxygens (including phenoxy) is 2. The number of aliphatic hydroxyl groups is 1. The van der Waals surface area contributed by atoms with Gasteiger partial charge in [0.05, 0.1) is 6.61 Å². The van der Waals surface area contributed by atoms with Gasteiger partial charge in [-0.2, -0.15) is 0 Å². The molecule has 2 rings (SSSR count). The van der Waals surface area contributed by atoms with Crippen molar-refractivity contribution in [3.63, 3.8) is 0 Å². The molecule has 5 heteroatoms. The molecule has 2 N–H and O–H groups in total. The summed E-state index contributed by atoms with van der Waals surface area (Å²) in [5, 5.41) is 12.8. The smallest absolute Gasteiger partial charge is 0.258 e. The lowest BCUT2D eigenvalue weighted by molar-refractivity contribution is -0.124. The van der Waals surface area contributed by atoms with E-state index in [1.807, 2.05) is 24.3 Å². The fourth-order valence-electron chi connectivity index (χ4n) is 2.28. The van der Waals surface area contributed by atoms with Crippen LogP contribution in [-0.2, 0) is 9.53 Å². The normalized spacial score (nSPS) is 21.5. The molecule has 0 spiro atoms. The minimum atomic E-state index is -0.939. The van der Waals surface area contributed by atoms with E-state index in [-0.39, 0.29) is 25.7 Å². The minimum Gasteiger partial charge on any atom is -0.483 e. The van der Waals surface area contributed by atoms with Gasteiger partial charge in [-0.3, -0.25) is 4.79 Å². The molecule has 1 aromatic rings. The third-order valence-corrected chi connectivity index (χ3v) is 3.60. The summed E-state index contributed by atoms with van der Waals surface area (Å²) in [6.45, 7) is 5.10. The maximum absolute atomic E-state index is 11.8. The fourth-order valence-corrected chi connectivity index (χ4v) is 2.28. The van der Waals surface area contributed by atoms with Crippen LogP contribution in [0.5, 0.6) is 5.75 Å². The predicted molar refractivity (Wildman–Crippen MR) is 79.4 cm³/mol. The van der Waals surface area contributed by atoms with Gasteiger partial charge in [0.2, 0.25) is 0 Å². The van der Waals surface area contributed by atoms with Crippen LogP contribution in [0, 0.1) is 0 Å². The van der Waals surface area contributed by atoms with Crippen molar-refractivity contribution >= 4 is 5.91 Å². The van der Waals surface area contributed by atoms with Crippen molar-refractivity contribution in [1.82, 2.24) is 5.32 Å². The van der Waals surface area contributed by atoms with Crippen molar-refractivity contribution in [3.05, 3.63) is 29.8 Å². The van der Waals surface area contributed by atoms with Gasteiger partial charge in [-0.25, -0.2) is 0 Å². The molecule has 0 bridgehead atoms. The first-order valence-corrected chi connectivity index (χ1v) is 7.29. The van der Waals surface area contributed by atoms with Crippen LogP contribution < -0.4 is 10.1 Å². The zero-order chi connectivity index (χ0) is 15.3. The molecule has 0 aliphatic carbocycles. The van der Waals surface area contributed by atoms with Crippen LogP contribution in [0.4, 0.5) is 0 Å². The van der Waals surface area contributed by atoms with Gasteiger partial charge in [0.15, 0.2) is 6.61 Å². The lowest BCUT2D eigenvalue weighted by atomic mass is 10.0. The van der Waals surface area contributed by atoms with Crippen molar-refractivity contribution in [1.29, 1.82) is 0 Å². The summed E-state index contributed by atoms with van der Waals surface area (Å²) < 4.78 is 10.7. The van der Waals surface area contributed by atoms with E-state index in [1.54, 1.807) is 0 Å². The lowest BCUT2D eigenvalue weighted by Gasteiger charge is -2.20. The third-order valence-electron chi connectivity index (χ3n) is 3.60. The minimum absolute atomic E-state index is 0.0549.